The summed E-state index contributed by atoms with van der Waals surface area (Å²) in [6.07, 6.45) is 1.57. The Morgan fingerprint density at radius 3 is 3.00 bits per heavy atom. The number of hydrogen-bond donors (Lipinski definition) is 2. The van der Waals surface area contributed by atoms with Gasteiger partial charge in [-0.3, -0.25) is 9.69 Å². The van der Waals surface area contributed by atoms with E-state index < -0.39 is 0 Å². The number of aliphatic hydroxyl groups is 1. The molecule has 1 unspecified atom stereocenters. The van der Waals surface area contributed by atoms with Crippen LogP contribution in [0.15, 0.2) is 6.20 Å². The molecule has 0 aliphatic carbocycles. The van der Waals surface area contributed by atoms with Crippen molar-refractivity contribution in [3.8, 4) is 6.07 Å². The second-order valence-corrected chi connectivity index (χ2v) is 3.84. The van der Waals surface area contributed by atoms with Crippen LogP contribution in [0.5, 0.6) is 0 Å². The Morgan fingerprint density at radius 2 is 2.47 bits per heavy atom. The summed E-state index contributed by atoms with van der Waals surface area (Å²) in [6, 6.07) is 1.85. The van der Waals surface area contributed by atoms with Crippen molar-refractivity contribution < 1.29 is 9.90 Å². The summed E-state index contributed by atoms with van der Waals surface area (Å²) in [7, 11) is 0. The van der Waals surface area contributed by atoms with Crippen LogP contribution < -0.4 is 10.6 Å². The first kappa shape index (κ1) is 11.3. The highest BCUT2D eigenvalue weighted by molar-refractivity contribution is 5.94. The molecule has 0 bridgehead atoms. The summed E-state index contributed by atoms with van der Waals surface area (Å²) in [5, 5.41) is 17.7. The monoisotopic (exact) mass is 233 g/mol. The lowest BCUT2D eigenvalue weighted by atomic mass is 10.1. The molecule has 1 fully saturated rings. The molecule has 2 rings (SSSR count). The smallest absolute Gasteiger partial charge is 0.234 e. The van der Waals surface area contributed by atoms with Gasteiger partial charge in [-0.25, -0.2) is 4.98 Å². The maximum Gasteiger partial charge on any atom is 0.234 e. The van der Waals surface area contributed by atoms with Crippen molar-refractivity contribution in [3.05, 3.63) is 11.8 Å². The van der Waals surface area contributed by atoms with E-state index in [9.17, 15) is 4.79 Å². The molecule has 1 aromatic rings. The number of nitrogens with zero attached hydrogens (tertiary/aromatic N) is 4. The number of rotatable bonds is 2. The molecule has 7 nitrogen and oxygen atoms in total. The Balaban J connectivity index is 2.27. The molecule has 88 valence electrons. The number of aliphatic hydroxyl groups excluding tert-OH is 1. The van der Waals surface area contributed by atoms with Crippen molar-refractivity contribution in [2.45, 2.75) is 6.42 Å². The van der Waals surface area contributed by atoms with E-state index in [1.165, 1.54) is 11.1 Å². The molecule has 1 atom stereocenters. The SMILES string of the molecule is N#Cc1cnc(N2CC(CO)CC2=O)nc1N. The van der Waals surface area contributed by atoms with E-state index >= 15 is 0 Å². The van der Waals surface area contributed by atoms with Crippen molar-refractivity contribution >= 4 is 17.7 Å². The lowest BCUT2D eigenvalue weighted by Crippen LogP contribution is -2.27. The average Bonchev–Trinajstić information content (AvgIpc) is 2.70. The second kappa shape index (κ2) is 4.35. The Kier molecular flexibility index (Phi) is 2.89. The van der Waals surface area contributed by atoms with Gasteiger partial charge in [0.25, 0.3) is 0 Å². The van der Waals surface area contributed by atoms with Crippen LogP contribution in [0, 0.1) is 17.2 Å². The minimum Gasteiger partial charge on any atom is -0.396 e. The van der Waals surface area contributed by atoms with Gasteiger partial charge in [0.2, 0.25) is 11.9 Å². The second-order valence-electron chi connectivity index (χ2n) is 3.84. The highest BCUT2D eigenvalue weighted by Gasteiger charge is 2.31. The van der Waals surface area contributed by atoms with E-state index in [-0.39, 0.29) is 42.2 Å². The highest BCUT2D eigenvalue weighted by Crippen LogP contribution is 2.22. The fourth-order valence-corrected chi connectivity index (χ4v) is 1.70. The summed E-state index contributed by atoms with van der Waals surface area (Å²) in [4.78, 5) is 20.8. The summed E-state index contributed by atoms with van der Waals surface area (Å²) >= 11 is 0. The minimum absolute atomic E-state index is 0.0476. The maximum atomic E-state index is 11.6. The molecule has 0 saturated carbocycles. The number of carbonyl (C=O) groups excluding carboxylic acids is 1. The van der Waals surface area contributed by atoms with Crippen molar-refractivity contribution in [2.24, 2.45) is 5.92 Å². The highest BCUT2D eigenvalue weighted by atomic mass is 16.3. The van der Waals surface area contributed by atoms with Crippen LogP contribution in [0.1, 0.15) is 12.0 Å². The molecule has 7 heteroatoms. The van der Waals surface area contributed by atoms with Gasteiger partial charge in [0.05, 0.1) is 6.20 Å². The Hall–Kier alpha value is -2.20. The third kappa shape index (κ3) is 2.03. The molecule has 1 aliphatic rings. The number of hydrogen-bond acceptors (Lipinski definition) is 6. The van der Waals surface area contributed by atoms with Gasteiger partial charge in [-0.15, -0.1) is 0 Å². The van der Waals surface area contributed by atoms with E-state index in [0.717, 1.165) is 0 Å². The first-order valence-electron chi connectivity index (χ1n) is 5.09. The summed E-state index contributed by atoms with van der Waals surface area (Å²) in [5.74, 6) is -0.00340. The average molecular weight is 233 g/mol. The molecule has 0 spiro atoms. The molecule has 2 heterocycles. The largest absolute Gasteiger partial charge is 0.396 e. The van der Waals surface area contributed by atoms with Crippen molar-refractivity contribution in [2.75, 3.05) is 23.8 Å². The topological polar surface area (TPSA) is 116 Å². The van der Waals surface area contributed by atoms with Gasteiger partial charge in [0.1, 0.15) is 17.5 Å². The first-order chi connectivity index (χ1) is 8.15. The summed E-state index contributed by atoms with van der Waals surface area (Å²) in [5.41, 5.74) is 5.73. The van der Waals surface area contributed by atoms with Crippen LogP contribution >= 0.6 is 0 Å². The zero-order chi connectivity index (χ0) is 12.4. The fraction of sp³-hybridized carbons (Fsp3) is 0.400. The lowest BCUT2D eigenvalue weighted by molar-refractivity contribution is -0.117. The molecule has 17 heavy (non-hydrogen) atoms. The van der Waals surface area contributed by atoms with Gasteiger partial charge >= 0.3 is 0 Å². The number of carbonyl (C=O) groups is 1. The number of nitrogen functional groups attached to an aromatic ring is 1. The van der Waals surface area contributed by atoms with Gasteiger partial charge in [-0.2, -0.15) is 10.2 Å². The number of nitriles is 1. The molecular weight excluding hydrogens is 222 g/mol. The van der Waals surface area contributed by atoms with Crippen molar-refractivity contribution in [1.29, 1.82) is 5.26 Å². The quantitative estimate of drug-likeness (QED) is 0.696. The zero-order valence-electron chi connectivity index (χ0n) is 9.00. The van der Waals surface area contributed by atoms with Gasteiger partial charge in [0, 0.05) is 25.5 Å². The van der Waals surface area contributed by atoms with Crippen molar-refractivity contribution in [1.82, 2.24) is 9.97 Å². The fourth-order valence-electron chi connectivity index (χ4n) is 1.70. The van der Waals surface area contributed by atoms with E-state index in [1.54, 1.807) is 0 Å². The lowest BCUT2D eigenvalue weighted by Gasteiger charge is -2.14. The molecule has 1 aliphatic heterocycles. The van der Waals surface area contributed by atoms with Crippen LogP contribution in [-0.2, 0) is 4.79 Å². The zero-order valence-corrected chi connectivity index (χ0v) is 9.00. The normalized spacial score (nSPS) is 19.4. The molecular formula is C10H11N5O2. The molecule has 3 N–H and O–H groups in total. The van der Waals surface area contributed by atoms with Crippen LogP contribution in [0.3, 0.4) is 0 Å². The number of aromatic nitrogens is 2. The molecule has 0 radical (unpaired) electrons. The Bertz CT molecular complexity index is 496. The number of amides is 1. The molecule has 0 aromatic carbocycles. The first-order valence-corrected chi connectivity index (χ1v) is 5.09. The molecule has 1 amide bonds. The van der Waals surface area contributed by atoms with Gasteiger partial charge < -0.3 is 10.8 Å². The molecule has 1 aromatic heterocycles. The Labute approximate surface area is 97.5 Å². The number of anilines is 2. The van der Waals surface area contributed by atoms with E-state index in [4.69, 9.17) is 16.1 Å². The van der Waals surface area contributed by atoms with Crippen LogP contribution in [-0.4, -0.2) is 34.1 Å². The van der Waals surface area contributed by atoms with Gasteiger partial charge in [0.15, 0.2) is 0 Å². The Morgan fingerprint density at radius 1 is 1.71 bits per heavy atom. The third-order valence-corrected chi connectivity index (χ3v) is 2.63. The predicted molar refractivity (Wildman–Crippen MR) is 58.7 cm³/mol. The minimum atomic E-state index is -0.145. The van der Waals surface area contributed by atoms with Gasteiger partial charge in [-0.05, 0) is 0 Å². The molecule has 1 saturated heterocycles. The third-order valence-electron chi connectivity index (χ3n) is 2.63. The van der Waals surface area contributed by atoms with Crippen LogP contribution in [0.25, 0.3) is 0 Å². The van der Waals surface area contributed by atoms with Crippen LogP contribution in [0.4, 0.5) is 11.8 Å². The summed E-state index contributed by atoms with van der Waals surface area (Å²) in [6.45, 7) is 0.328. The van der Waals surface area contributed by atoms with Gasteiger partial charge in [-0.1, -0.05) is 0 Å². The summed E-state index contributed by atoms with van der Waals surface area (Å²) < 4.78 is 0. The van der Waals surface area contributed by atoms with Crippen LogP contribution in [0.2, 0.25) is 0 Å². The van der Waals surface area contributed by atoms with E-state index in [2.05, 4.69) is 9.97 Å². The number of nitrogens with two attached hydrogens (primary N) is 1. The standard InChI is InChI=1S/C10H11N5O2/c11-2-7-3-13-10(14-9(7)12)15-4-6(5-16)1-8(15)17/h3,6,16H,1,4-5H2,(H2,12,13,14). The maximum absolute atomic E-state index is 11.6. The van der Waals surface area contributed by atoms with E-state index in [1.807, 2.05) is 6.07 Å². The van der Waals surface area contributed by atoms with E-state index in [0.29, 0.717) is 6.54 Å². The van der Waals surface area contributed by atoms with Crippen molar-refractivity contribution in [3.63, 3.8) is 0 Å². The predicted octanol–water partition coefficient (Wildman–Crippen LogP) is -0.724.